The number of rotatable bonds is 4. The topological polar surface area (TPSA) is 71.4 Å². The molecule has 0 saturated carbocycles. The van der Waals surface area contributed by atoms with Gasteiger partial charge in [-0.1, -0.05) is 6.07 Å². The Morgan fingerprint density at radius 2 is 1.86 bits per heavy atom. The molecule has 9 heteroatoms. The molecule has 0 radical (unpaired) electrons. The van der Waals surface area contributed by atoms with E-state index in [2.05, 4.69) is 0 Å². The van der Waals surface area contributed by atoms with E-state index in [1.54, 1.807) is 22.6 Å². The zero-order valence-electron chi connectivity index (χ0n) is 11.0. The summed E-state index contributed by atoms with van der Waals surface area (Å²) in [5.74, 6) is -1.28. The van der Waals surface area contributed by atoms with Crippen LogP contribution in [0.1, 0.15) is 23.7 Å². The lowest BCUT2D eigenvalue weighted by Crippen LogP contribution is -2.40. The summed E-state index contributed by atoms with van der Waals surface area (Å²) in [6.45, 7) is 0.717. The summed E-state index contributed by atoms with van der Waals surface area (Å²) in [5.41, 5.74) is -3.18. The summed E-state index contributed by atoms with van der Waals surface area (Å²) in [7, 11) is -3.83. The molecule has 21 heavy (non-hydrogen) atoms. The second-order valence-electron chi connectivity index (χ2n) is 4.78. The Kier molecular flexibility index (Phi) is 5.11. The van der Waals surface area contributed by atoms with Crippen LogP contribution in [0.15, 0.2) is 23.1 Å². The molecule has 1 N–H and O–H groups in total. The number of halogens is 4. The second-order valence-corrected chi connectivity index (χ2v) is 7.90. The van der Waals surface area contributed by atoms with E-state index in [4.69, 9.17) is 0 Å². The number of hydrogen-bond acceptors (Lipinski definition) is 4. The summed E-state index contributed by atoms with van der Waals surface area (Å²) in [4.78, 5) is 11.8. The number of sulfone groups is 1. The van der Waals surface area contributed by atoms with Crippen LogP contribution in [-0.4, -0.2) is 37.3 Å². The van der Waals surface area contributed by atoms with Crippen molar-refractivity contribution in [1.82, 2.24) is 0 Å². The van der Waals surface area contributed by atoms with E-state index in [-0.39, 0.29) is 8.47 Å². The van der Waals surface area contributed by atoms with Gasteiger partial charge in [-0.2, -0.15) is 13.2 Å². The first-order valence-electron chi connectivity index (χ1n) is 5.58. The van der Waals surface area contributed by atoms with E-state index in [1.165, 1.54) is 12.1 Å². The minimum Gasteiger partial charge on any atom is -0.382 e. The maximum absolute atomic E-state index is 12.4. The molecule has 1 aromatic rings. The molecule has 0 bridgehead atoms. The lowest BCUT2D eigenvalue weighted by molar-refractivity contribution is -0.163. The molecule has 0 aromatic heterocycles. The third kappa shape index (κ3) is 4.65. The Morgan fingerprint density at radius 3 is 2.29 bits per heavy atom. The van der Waals surface area contributed by atoms with Crippen LogP contribution in [-0.2, 0) is 9.84 Å². The first-order valence-corrected chi connectivity index (χ1v) is 8.55. The van der Waals surface area contributed by atoms with Crippen LogP contribution in [0.3, 0.4) is 0 Å². The SMILES string of the molecule is C[C@@](O)(CC(F)(F)F)C(=O)c1cccc(I)c1S(C)(=O)=O. The number of aliphatic hydroxyl groups is 1. The molecule has 1 atom stereocenters. The quantitative estimate of drug-likeness (QED) is 0.582. The number of benzene rings is 1. The minimum atomic E-state index is -4.76. The molecule has 0 unspecified atom stereocenters. The van der Waals surface area contributed by atoms with Crippen molar-refractivity contribution in [3.8, 4) is 0 Å². The molecule has 0 fully saturated rings. The van der Waals surface area contributed by atoms with Gasteiger partial charge in [0, 0.05) is 15.4 Å². The Bertz CT molecular complexity index is 666. The summed E-state index contributed by atoms with van der Waals surface area (Å²) in [5, 5.41) is 9.79. The largest absolute Gasteiger partial charge is 0.392 e. The van der Waals surface area contributed by atoms with Gasteiger partial charge in [-0.15, -0.1) is 0 Å². The number of alkyl halides is 3. The van der Waals surface area contributed by atoms with Crippen LogP contribution in [0.2, 0.25) is 0 Å². The third-order valence-corrected chi connectivity index (χ3v) is 5.06. The van der Waals surface area contributed by atoms with Crippen molar-refractivity contribution in [2.24, 2.45) is 0 Å². The molecular weight excluding hydrogens is 424 g/mol. The van der Waals surface area contributed by atoms with Crippen molar-refractivity contribution >= 4 is 38.2 Å². The maximum Gasteiger partial charge on any atom is 0.392 e. The molecule has 0 aliphatic rings. The average molecular weight is 436 g/mol. The summed E-state index contributed by atoms with van der Waals surface area (Å²) >= 11 is 1.67. The van der Waals surface area contributed by atoms with Gasteiger partial charge < -0.3 is 5.11 Å². The number of carbonyl (C=O) groups is 1. The smallest absolute Gasteiger partial charge is 0.382 e. The van der Waals surface area contributed by atoms with Crippen LogP contribution < -0.4 is 0 Å². The van der Waals surface area contributed by atoms with Crippen molar-refractivity contribution in [3.63, 3.8) is 0 Å². The highest BCUT2D eigenvalue weighted by Crippen LogP contribution is 2.32. The summed E-state index contributed by atoms with van der Waals surface area (Å²) in [6.07, 6.45) is -5.67. The van der Waals surface area contributed by atoms with Gasteiger partial charge in [-0.25, -0.2) is 8.42 Å². The molecule has 118 valence electrons. The highest BCUT2D eigenvalue weighted by Gasteiger charge is 2.44. The van der Waals surface area contributed by atoms with Crippen LogP contribution in [0, 0.1) is 3.57 Å². The number of Topliss-reactive ketones (excluding diaryl/α,β-unsaturated/α-hetero) is 1. The molecule has 0 saturated heterocycles. The highest BCUT2D eigenvalue weighted by atomic mass is 127. The number of carbonyl (C=O) groups excluding carboxylic acids is 1. The van der Waals surface area contributed by atoms with Crippen molar-refractivity contribution < 1.29 is 31.5 Å². The van der Waals surface area contributed by atoms with Crippen LogP contribution in [0.25, 0.3) is 0 Å². The second kappa shape index (κ2) is 5.84. The summed E-state index contributed by atoms with van der Waals surface area (Å²) < 4.78 is 60.9. The van der Waals surface area contributed by atoms with E-state index in [0.717, 1.165) is 19.2 Å². The fourth-order valence-electron chi connectivity index (χ4n) is 1.83. The molecule has 0 amide bonds. The van der Waals surface area contributed by atoms with Crippen LogP contribution in [0.4, 0.5) is 13.2 Å². The van der Waals surface area contributed by atoms with Gasteiger partial charge in [-0.05, 0) is 41.6 Å². The van der Waals surface area contributed by atoms with Crippen molar-refractivity contribution in [3.05, 3.63) is 27.3 Å². The maximum atomic E-state index is 12.4. The molecule has 0 heterocycles. The molecule has 1 rings (SSSR count). The average Bonchev–Trinajstić information content (AvgIpc) is 2.22. The van der Waals surface area contributed by atoms with Gasteiger partial charge in [0.25, 0.3) is 0 Å². The number of hydrogen-bond donors (Lipinski definition) is 1. The van der Waals surface area contributed by atoms with E-state index >= 15 is 0 Å². The Morgan fingerprint density at radius 1 is 1.33 bits per heavy atom. The minimum absolute atomic E-state index is 0.198. The van der Waals surface area contributed by atoms with Crippen molar-refractivity contribution in [2.45, 2.75) is 30.0 Å². The fraction of sp³-hybridized carbons (Fsp3) is 0.417. The highest BCUT2D eigenvalue weighted by molar-refractivity contribution is 14.1. The van der Waals surface area contributed by atoms with Gasteiger partial charge in [0.2, 0.25) is 0 Å². The zero-order valence-corrected chi connectivity index (χ0v) is 14.0. The first kappa shape index (κ1) is 18.4. The standard InChI is InChI=1S/C12H12F3IO4S/c1-11(18,6-12(13,14)15)10(17)7-4-3-5-8(16)9(7)21(2,19)20/h3-5,18H,6H2,1-2H3/t11-/m1/s1. The van der Waals surface area contributed by atoms with E-state index in [0.29, 0.717) is 0 Å². The van der Waals surface area contributed by atoms with Crippen molar-refractivity contribution in [1.29, 1.82) is 0 Å². The Hall–Kier alpha value is -0.680. The lowest BCUT2D eigenvalue weighted by atomic mass is 9.91. The summed E-state index contributed by atoms with van der Waals surface area (Å²) in [6, 6.07) is 3.84. The van der Waals surface area contributed by atoms with Crippen LogP contribution >= 0.6 is 22.6 Å². The predicted molar refractivity (Wildman–Crippen MR) is 77.9 cm³/mol. The normalized spacial score (nSPS) is 15.6. The van der Waals surface area contributed by atoms with Gasteiger partial charge >= 0.3 is 6.18 Å². The molecule has 0 aliphatic heterocycles. The monoisotopic (exact) mass is 436 g/mol. The van der Waals surface area contributed by atoms with Crippen LogP contribution in [0.5, 0.6) is 0 Å². The predicted octanol–water partition coefficient (Wildman–Crippen LogP) is 2.58. The van der Waals surface area contributed by atoms with E-state index in [1.807, 2.05) is 0 Å². The van der Waals surface area contributed by atoms with Gasteiger partial charge in [0.1, 0.15) is 5.60 Å². The Labute approximate surface area is 133 Å². The van der Waals surface area contributed by atoms with Gasteiger partial charge in [0.15, 0.2) is 15.6 Å². The lowest BCUT2D eigenvalue weighted by Gasteiger charge is -2.24. The molecule has 1 aromatic carbocycles. The van der Waals surface area contributed by atoms with E-state index in [9.17, 15) is 31.5 Å². The van der Waals surface area contributed by atoms with Crippen molar-refractivity contribution in [2.75, 3.05) is 6.26 Å². The zero-order chi connectivity index (χ0) is 16.6. The van der Waals surface area contributed by atoms with E-state index < -0.39 is 39.4 Å². The first-order chi connectivity index (χ1) is 9.26. The van der Waals surface area contributed by atoms with Gasteiger partial charge in [0.05, 0.1) is 11.3 Å². The molecule has 0 aliphatic carbocycles. The molecule has 0 spiro atoms. The fourth-order valence-corrected chi connectivity index (χ4v) is 4.51. The number of ketones is 1. The molecule has 4 nitrogen and oxygen atoms in total. The third-order valence-electron chi connectivity index (χ3n) is 2.62. The van der Waals surface area contributed by atoms with Gasteiger partial charge in [-0.3, -0.25) is 4.79 Å². The molecular formula is C12H12F3IO4S. The Balaban J connectivity index is 3.42.